The maximum absolute atomic E-state index is 13.1. The van der Waals surface area contributed by atoms with Crippen LogP contribution >= 0.6 is 11.6 Å². The first-order valence-electron chi connectivity index (χ1n) is 8.38. The van der Waals surface area contributed by atoms with E-state index in [0.29, 0.717) is 29.2 Å². The van der Waals surface area contributed by atoms with Crippen LogP contribution in [0.2, 0.25) is 5.02 Å². The van der Waals surface area contributed by atoms with Gasteiger partial charge in [-0.15, -0.1) is 0 Å². The molecule has 0 radical (unpaired) electrons. The van der Waals surface area contributed by atoms with Crippen LogP contribution in [0.4, 0.5) is 5.69 Å². The van der Waals surface area contributed by atoms with E-state index in [0.717, 1.165) is 17.5 Å². The molecule has 2 amide bonds. The minimum absolute atomic E-state index is 0.0836. The van der Waals surface area contributed by atoms with Crippen LogP contribution < -0.4 is 4.90 Å². The van der Waals surface area contributed by atoms with E-state index >= 15 is 0 Å². The van der Waals surface area contributed by atoms with Crippen molar-refractivity contribution in [2.24, 2.45) is 0 Å². The van der Waals surface area contributed by atoms with Gasteiger partial charge in [0.05, 0.1) is 0 Å². The van der Waals surface area contributed by atoms with Gasteiger partial charge in [0.15, 0.2) is 0 Å². The molecular formula is C20H21ClN2O2. The summed E-state index contributed by atoms with van der Waals surface area (Å²) in [5.41, 5.74) is 3.26. The number of likely N-dealkylation sites (tertiary alicyclic amines) is 1. The highest BCUT2D eigenvalue weighted by atomic mass is 35.5. The molecular weight excluding hydrogens is 336 g/mol. The molecule has 5 heteroatoms. The molecule has 2 aromatic rings. The van der Waals surface area contributed by atoms with Gasteiger partial charge in [-0.2, -0.15) is 0 Å². The Morgan fingerprint density at radius 3 is 2.64 bits per heavy atom. The number of rotatable bonds is 4. The van der Waals surface area contributed by atoms with Crippen molar-refractivity contribution >= 4 is 29.1 Å². The van der Waals surface area contributed by atoms with E-state index in [1.807, 2.05) is 44.2 Å². The molecule has 1 saturated heterocycles. The molecule has 25 heavy (non-hydrogen) atoms. The molecule has 1 aliphatic rings. The minimum atomic E-state index is -0.136. The lowest BCUT2D eigenvalue weighted by atomic mass is 10.1. The highest BCUT2D eigenvalue weighted by Gasteiger charge is 2.26. The zero-order chi connectivity index (χ0) is 18.0. The number of hydrogen-bond acceptors (Lipinski definition) is 2. The molecule has 0 spiro atoms. The van der Waals surface area contributed by atoms with Gasteiger partial charge in [-0.3, -0.25) is 14.5 Å². The summed E-state index contributed by atoms with van der Waals surface area (Å²) in [5.74, 6) is -0.0522. The van der Waals surface area contributed by atoms with Gasteiger partial charge in [0.1, 0.15) is 6.67 Å². The molecule has 130 valence electrons. The molecule has 2 aromatic carbocycles. The fourth-order valence-electron chi connectivity index (χ4n) is 2.97. The molecule has 0 bridgehead atoms. The number of benzene rings is 2. The van der Waals surface area contributed by atoms with Crippen molar-refractivity contribution in [2.75, 3.05) is 18.1 Å². The largest absolute Gasteiger partial charge is 0.324 e. The summed E-state index contributed by atoms with van der Waals surface area (Å²) >= 11 is 6.26. The predicted molar refractivity (Wildman–Crippen MR) is 100.0 cm³/mol. The van der Waals surface area contributed by atoms with Crippen molar-refractivity contribution < 1.29 is 9.59 Å². The minimum Gasteiger partial charge on any atom is -0.324 e. The third-order valence-corrected chi connectivity index (χ3v) is 4.87. The zero-order valence-electron chi connectivity index (χ0n) is 14.5. The van der Waals surface area contributed by atoms with Gasteiger partial charge in [0, 0.05) is 29.2 Å². The smallest absolute Gasteiger partial charge is 0.259 e. The van der Waals surface area contributed by atoms with Crippen LogP contribution in [-0.4, -0.2) is 29.9 Å². The molecule has 0 atom stereocenters. The molecule has 3 rings (SSSR count). The van der Waals surface area contributed by atoms with Crippen molar-refractivity contribution in [1.82, 2.24) is 4.90 Å². The van der Waals surface area contributed by atoms with Gasteiger partial charge in [-0.25, -0.2) is 0 Å². The predicted octanol–water partition coefficient (Wildman–Crippen LogP) is 4.18. The van der Waals surface area contributed by atoms with Crippen LogP contribution in [0.25, 0.3) is 0 Å². The Hall–Kier alpha value is -2.33. The topological polar surface area (TPSA) is 40.6 Å². The van der Waals surface area contributed by atoms with Gasteiger partial charge in [-0.1, -0.05) is 35.4 Å². The molecule has 0 aliphatic carbocycles. The second-order valence-electron chi connectivity index (χ2n) is 6.44. The van der Waals surface area contributed by atoms with E-state index < -0.39 is 0 Å². The van der Waals surface area contributed by atoms with E-state index in [4.69, 9.17) is 11.6 Å². The maximum atomic E-state index is 13.1. The third-order valence-electron chi connectivity index (χ3n) is 4.46. The Labute approximate surface area is 153 Å². The standard InChI is InChI=1S/C20H21ClN2O2/c1-14-5-3-6-16(11-14)20(25)23(13-22-10-4-7-19(22)24)17-9-8-15(2)18(21)12-17/h3,5-6,8-9,11-12H,4,7,10,13H2,1-2H3. The highest BCUT2D eigenvalue weighted by molar-refractivity contribution is 6.31. The van der Waals surface area contributed by atoms with E-state index in [1.54, 1.807) is 21.9 Å². The molecule has 0 aromatic heterocycles. The number of carbonyl (C=O) groups is 2. The van der Waals surface area contributed by atoms with Crippen LogP contribution in [0.3, 0.4) is 0 Å². The number of halogens is 1. The van der Waals surface area contributed by atoms with Crippen molar-refractivity contribution in [3.05, 3.63) is 64.2 Å². The second kappa shape index (κ2) is 7.28. The summed E-state index contributed by atoms with van der Waals surface area (Å²) in [6.45, 7) is 4.79. The molecule has 0 saturated carbocycles. The molecule has 4 nitrogen and oxygen atoms in total. The summed E-state index contributed by atoms with van der Waals surface area (Å²) in [6.07, 6.45) is 1.38. The summed E-state index contributed by atoms with van der Waals surface area (Å²) in [6, 6.07) is 13.0. The number of carbonyl (C=O) groups excluding carboxylic acids is 2. The van der Waals surface area contributed by atoms with E-state index in [9.17, 15) is 9.59 Å². The first kappa shape index (κ1) is 17.5. The average molecular weight is 357 g/mol. The van der Waals surface area contributed by atoms with Gasteiger partial charge < -0.3 is 4.90 Å². The van der Waals surface area contributed by atoms with Gasteiger partial charge in [0.25, 0.3) is 5.91 Å². The number of anilines is 1. The van der Waals surface area contributed by atoms with Crippen LogP contribution in [0.15, 0.2) is 42.5 Å². The van der Waals surface area contributed by atoms with Crippen LogP contribution in [0, 0.1) is 13.8 Å². The van der Waals surface area contributed by atoms with Crippen molar-refractivity contribution in [3.63, 3.8) is 0 Å². The number of hydrogen-bond donors (Lipinski definition) is 0. The van der Waals surface area contributed by atoms with E-state index in [-0.39, 0.29) is 18.5 Å². The molecule has 1 fully saturated rings. The van der Waals surface area contributed by atoms with Crippen LogP contribution in [-0.2, 0) is 4.79 Å². The van der Waals surface area contributed by atoms with E-state index in [2.05, 4.69) is 0 Å². The normalized spacial score (nSPS) is 14.0. The first-order valence-corrected chi connectivity index (χ1v) is 8.76. The summed E-state index contributed by atoms with van der Waals surface area (Å²) < 4.78 is 0. The van der Waals surface area contributed by atoms with Gasteiger partial charge >= 0.3 is 0 Å². The average Bonchev–Trinajstić information content (AvgIpc) is 2.99. The fourth-order valence-corrected chi connectivity index (χ4v) is 3.15. The summed E-state index contributed by atoms with van der Waals surface area (Å²) in [4.78, 5) is 28.5. The SMILES string of the molecule is Cc1cccc(C(=O)N(CN2CCCC2=O)c2ccc(C)c(Cl)c2)c1. The third kappa shape index (κ3) is 3.85. The van der Waals surface area contributed by atoms with Crippen LogP contribution in [0.1, 0.15) is 34.3 Å². The lowest BCUT2D eigenvalue weighted by Crippen LogP contribution is -2.42. The lowest BCUT2D eigenvalue weighted by Gasteiger charge is -2.28. The second-order valence-corrected chi connectivity index (χ2v) is 6.85. The monoisotopic (exact) mass is 356 g/mol. The lowest BCUT2D eigenvalue weighted by molar-refractivity contribution is -0.127. The van der Waals surface area contributed by atoms with Crippen molar-refractivity contribution in [3.8, 4) is 0 Å². The van der Waals surface area contributed by atoms with Crippen molar-refractivity contribution in [1.29, 1.82) is 0 Å². The number of aryl methyl sites for hydroxylation is 2. The quantitative estimate of drug-likeness (QED) is 0.824. The Balaban J connectivity index is 1.96. The van der Waals surface area contributed by atoms with Gasteiger partial charge in [-0.05, 0) is 50.1 Å². The Kier molecular flexibility index (Phi) is 5.09. The molecule has 1 aliphatic heterocycles. The van der Waals surface area contributed by atoms with Crippen molar-refractivity contribution in [2.45, 2.75) is 26.7 Å². The maximum Gasteiger partial charge on any atom is 0.259 e. The first-order chi connectivity index (χ1) is 12.0. The molecule has 0 unspecified atom stereocenters. The van der Waals surface area contributed by atoms with E-state index in [1.165, 1.54) is 0 Å². The molecule has 1 heterocycles. The zero-order valence-corrected chi connectivity index (χ0v) is 15.2. The summed E-state index contributed by atoms with van der Waals surface area (Å²) in [5, 5.41) is 0.604. The molecule has 0 N–H and O–H groups in total. The Morgan fingerprint density at radius 1 is 1.20 bits per heavy atom. The van der Waals surface area contributed by atoms with Crippen LogP contribution in [0.5, 0.6) is 0 Å². The summed E-state index contributed by atoms with van der Waals surface area (Å²) in [7, 11) is 0. The fraction of sp³-hybridized carbons (Fsp3) is 0.300. The number of nitrogens with zero attached hydrogens (tertiary/aromatic N) is 2. The Morgan fingerprint density at radius 2 is 2.00 bits per heavy atom. The Bertz CT molecular complexity index is 819. The van der Waals surface area contributed by atoms with Gasteiger partial charge in [0.2, 0.25) is 5.91 Å². The number of amides is 2. The highest BCUT2D eigenvalue weighted by Crippen LogP contribution is 2.26.